The van der Waals surface area contributed by atoms with Crippen LogP contribution in [0.1, 0.15) is 32.6 Å². The Hall–Kier alpha value is -0.160. The van der Waals surface area contributed by atoms with Gasteiger partial charge in [0.15, 0.2) is 0 Å². The number of hydrogen-bond acceptors (Lipinski definition) is 4. The average Bonchev–Trinajstić information content (AvgIpc) is 2.48. The molecular formula is C15H31N3O. The molecule has 0 amide bonds. The highest BCUT2D eigenvalue weighted by atomic mass is 16.5. The van der Waals surface area contributed by atoms with Crippen molar-refractivity contribution < 1.29 is 4.74 Å². The zero-order valence-electron chi connectivity index (χ0n) is 12.6. The minimum absolute atomic E-state index is 0.765. The number of morpholine rings is 1. The number of rotatable bonds is 7. The molecule has 0 saturated carbocycles. The quantitative estimate of drug-likeness (QED) is 0.702. The highest BCUT2D eigenvalue weighted by Gasteiger charge is 2.22. The number of hydrogen-bond donors (Lipinski definition) is 1. The zero-order valence-corrected chi connectivity index (χ0v) is 12.6. The Morgan fingerprint density at radius 1 is 1.11 bits per heavy atom. The second kappa shape index (κ2) is 8.90. The van der Waals surface area contributed by atoms with Gasteiger partial charge in [-0.15, -0.1) is 0 Å². The van der Waals surface area contributed by atoms with Crippen molar-refractivity contribution in [2.75, 3.05) is 59.0 Å². The van der Waals surface area contributed by atoms with E-state index >= 15 is 0 Å². The van der Waals surface area contributed by atoms with Gasteiger partial charge in [-0.25, -0.2) is 0 Å². The fourth-order valence-corrected chi connectivity index (χ4v) is 3.13. The molecule has 0 aromatic heterocycles. The predicted molar refractivity (Wildman–Crippen MR) is 79.6 cm³/mol. The van der Waals surface area contributed by atoms with Crippen molar-refractivity contribution in [3.63, 3.8) is 0 Å². The second-order valence-electron chi connectivity index (χ2n) is 5.84. The molecule has 0 aromatic rings. The van der Waals surface area contributed by atoms with Gasteiger partial charge in [0.1, 0.15) is 0 Å². The van der Waals surface area contributed by atoms with E-state index in [1.165, 1.54) is 51.9 Å². The molecule has 2 aliphatic heterocycles. The molecule has 0 bridgehead atoms. The van der Waals surface area contributed by atoms with Gasteiger partial charge in [-0.1, -0.05) is 13.3 Å². The number of ether oxygens (including phenoxy) is 1. The lowest BCUT2D eigenvalue weighted by atomic mass is 10.0. The first kappa shape index (κ1) is 15.2. The maximum Gasteiger partial charge on any atom is 0.0594 e. The van der Waals surface area contributed by atoms with Crippen LogP contribution in [0.25, 0.3) is 0 Å². The van der Waals surface area contributed by atoms with E-state index in [1.54, 1.807) is 0 Å². The van der Waals surface area contributed by atoms with Crippen LogP contribution in [0.2, 0.25) is 0 Å². The van der Waals surface area contributed by atoms with Gasteiger partial charge in [0, 0.05) is 38.8 Å². The molecule has 0 radical (unpaired) electrons. The molecule has 4 nitrogen and oxygen atoms in total. The van der Waals surface area contributed by atoms with Gasteiger partial charge < -0.3 is 10.1 Å². The minimum atomic E-state index is 0.765. The summed E-state index contributed by atoms with van der Waals surface area (Å²) < 4.78 is 5.41. The summed E-state index contributed by atoms with van der Waals surface area (Å²) in [7, 11) is 0. The predicted octanol–water partition coefficient (Wildman–Crippen LogP) is 1.17. The zero-order chi connectivity index (χ0) is 13.3. The summed E-state index contributed by atoms with van der Waals surface area (Å²) in [5, 5.41) is 3.60. The Morgan fingerprint density at radius 3 is 2.74 bits per heavy atom. The molecule has 2 aliphatic rings. The average molecular weight is 269 g/mol. The molecule has 1 unspecified atom stereocenters. The van der Waals surface area contributed by atoms with Crippen molar-refractivity contribution in [1.29, 1.82) is 0 Å². The maximum atomic E-state index is 5.41. The normalized spacial score (nSPS) is 26.7. The fraction of sp³-hybridized carbons (Fsp3) is 1.00. The van der Waals surface area contributed by atoms with Gasteiger partial charge in [0.05, 0.1) is 13.2 Å². The Balaban J connectivity index is 1.68. The number of piperidine rings is 1. The Morgan fingerprint density at radius 2 is 1.95 bits per heavy atom. The van der Waals surface area contributed by atoms with E-state index in [2.05, 4.69) is 22.0 Å². The molecule has 2 rings (SSSR count). The molecule has 0 aromatic carbocycles. The SMILES string of the molecule is CCCNCC1CCCCN1CCN1CCOCC1. The largest absolute Gasteiger partial charge is 0.379 e. The monoisotopic (exact) mass is 269 g/mol. The van der Waals surface area contributed by atoms with E-state index in [0.717, 1.165) is 38.9 Å². The molecule has 2 saturated heterocycles. The van der Waals surface area contributed by atoms with Gasteiger partial charge >= 0.3 is 0 Å². The molecule has 19 heavy (non-hydrogen) atoms. The fourth-order valence-electron chi connectivity index (χ4n) is 3.13. The van der Waals surface area contributed by atoms with E-state index < -0.39 is 0 Å². The summed E-state index contributed by atoms with van der Waals surface area (Å²) in [6.45, 7) is 12.4. The third-order valence-electron chi connectivity index (χ3n) is 4.36. The maximum absolute atomic E-state index is 5.41. The summed E-state index contributed by atoms with van der Waals surface area (Å²) in [5.74, 6) is 0. The van der Waals surface area contributed by atoms with Gasteiger partial charge in [-0.05, 0) is 32.4 Å². The Bertz CT molecular complexity index is 231. The van der Waals surface area contributed by atoms with Crippen LogP contribution in [0.4, 0.5) is 0 Å². The third kappa shape index (κ3) is 5.38. The van der Waals surface area contributed by atoms with Gasteiger partial charge in [0.2, 0.25) is 0 Å². The lowest BCUT2D eigenvalue weighted by Crippen LogP contribution is -2.49. The van der Waals surface area contributed by atoms with E-state index in [0.29, 0.717) is 0 Å². The molecular weight excluding hydrogens is 238 g/mol. The highest BCUT2D eigenvalue weighted by Crippen LogP contribution is 2.16. The van der Waals surface area contributed by atoms with Crippen molar-refractivity contribution >= 4 is 0 Å². The van der Waals surface area contributed by atoms with Gasteiger partial charge in [0.25, 0.3) is 0 Å². The van der Waals surface area contributed by atoms with E-state index in [4.69, 9.17) is 4.74 Å². The molecule has 2 heterocycles. The van der Waals surface area contributed by atoms with Crippen LogP contribution < -0.4 is 5.32 Å². The van der Waals surface area contributed by atoms with E-state index in [1.807, 2.05) is 0 Å². The molecule has 0 aliphatic carbocycles. The highest BCUT2D eigenvalue weighted by molar-refractivity contribution is 4.79. The summed E-state index contributed by atoms with van der Waals surface area (Å²) in [5.41, 5.74) is 0. The topological polar surface area (TPSA) is 27.7 Å². The first-order chi connectivity index (χ1) is 9.40. The van der Waals surface area contributed by atoms with Gasteiger partial charge in [-0.2, -0.15) is 0 Å². The second-order valence-corrected chi connectivity index (χ2v) is 5.84. The summed E-state index contributed by atoms with van der Waals surface area (Å²) in [6.07, 6.45) is 5.40. The van der Waals surface area contributed by atoms with Crippen molar-refractivity contribution in [2.24, 2.45) is 0 Å². The molecule has 1 atom stereocenters. The molecule has 0 spiro atoms. The van der Waals surface area contributed by atoms with Crippen molar-refractivity contribution in [3.05, 3.63) is 0 Å². The number of nitrogens with one attached hydrogen (secondary N) is 1. The standard InChI is InChI=1S/C15H31N3O/c1-2-6-16-14-15-5-3-4-7-18(15)9-8-17-10-12-19-13-11-17/h15-16H,2-14H2,1H3. The number of nitrogens with zero attached hydrogens (tertiary/aromatic N) is 2. The van der Waals surface area contributed by atoms with E-state index in [9.17, 15) is 0 Å². The smallest absolute Gasteiger partial charge is 0.0594 e. The number of likely N-dealkylation sites (tertiary alicyclic amines) is 1. The van der Waals surface area contributed by atoms with Crippen LogP contribution >= 0.6 is 0 Å². The first-order valence-corrected chi connectivity index (χ1v) is 8.15. The van der Waals surface area contributed by atoms with Crippen LogP contribution in [0.15, 0.2) is 0 Å². The van der Waals surface area contributed by atoms with E-state index in [-0.39, 0.29) is 0 Å². The van der Waals surface area contributed by atoms with Crippen LogP contribution in [0, 0.1) is 0 Å². The van der Waals surface area contributed by atoms with Crippen molar-refractivity contribution in [2.45, 2.75) is 38.6 Å². The molecule has 1 N–H and O–H groups in total. The lowest BCUT2D eigenvalue weighted by Gasteiger charge is -2.37. The molecule has 112 valence electrons. The van der Waals surface area contributed by atoms with Crippen molar-refractivity contribution in [1.82, 2.24) is 15.1 Å². The van der Waals surface area contributed by atoms with Gasteiger partial charge in [-0.3, -0.25) is 9.80 Å². The third-order valence-corrected chi connectivity index (χ3v) is 4.36. The van der Waals surface area contributed by atoms with Crippen LogP contribution in [0.3, 0.4) is 0 Å². The summed E-state index contributed by atoms with van der Waals surface area (Å²) in [6, 6.07) is 0.765. The van der Waals surface area contributed by atoms with Crippen molar-refractivity contribution in [3.8, 4) is 0 Å². The lowest BCUT2D eigenvalue weighted by molar-refractivity contribution is 0.0283. The Kier molecular flexibility index (Phi) is 7.14. The minimum Gasteiger partial charge on any atom is -0.379 e. The summed E-state index contributed by atoms with van der Waals surface area (Å²) >= 11 is 0. The van der Waals surface area contributed by atoms with Crippen LogP contribution in [-0.4, -0.2) is 74.9 Å². The van der Waals surface area contributed by atoms with Crippen LogP contribution in [-0.2, 0) is 4.74 Å². The summed E-state index contributed by atoms with van der Waals surface area (Å²) in [4.78, 5) is 5.26. The molecule has 4 heteroatoms. The Labute approximate surface area is 118 Å². The first-order valence-electron chi connectivity index (χ1n) is 8.15. The van der Waals surface area contributed by atoms with Crippen LogP contribution in [0.5, 0.6) is 0 Å². The molecule has 2 fully saturated rings.